The van der Waals surface area contributed by atoms with E-state index >= 15 is 0 Å². The molecule has 2 rings (SSSR count). The quantitative estimate of drug-likeness (QED) is 0.762. The highest BCUT2D eigenvalue weighted by Crippen LogP contribution is 2.27. The first-order valence-corrected chi connectivity index (χ1v) is 6.91. The van der Waals surface area contributed by atoms with E-state index in [0.29, 0.717) is 5.92 Å². The van der Waals surface area contributed by atoms with E-state index in [1.54, 1.807) is 0 Å². The predicted octanol–water partition coefficient (Wildman–Crippen LogP) is 0.748. The molecule has 2 N–H and O–H groups in total. The lowest BCUT2D eigenvalue weighted by atomic mass is 10.0. The standard InChI is InChI=1S/C13H24N2O2/c1-2-14-12-4-3-7-15(13(12)17)9-10-5-6-11(16)8-10/h10-12,14,16H,2-9H2,1H3. The molecule has 98 valence electrons. The van der Waals surface area contributed by atoms with Crippen molar-refractivity contribution in [2.75, 3.05) is 19.6 Å². The van der Waals surface area contributed by atoms with Crippen molar-refractivity contribution < 1.29 is 9.90 Å². The van der Waals surface area contributed by atoms with E-state index in [1.807, 2.05) is 11.8 Å². The monoisotopic (exact) mass is 240 g/mol. The van der Waals surface area contributed by atoms with Crippen LogP contribution in [0.15, 0.2) is 0 Å². The maximum Gasteiger partial charge on any atom is 0.239 e. The van der Waals surface area contributed by atoms with Crippen LogP contribution in [-0.4, -0.2) is 47.7 Å². The second-order valence-corrected chi connectivity index (χ2v) is 5.37. The SMILES string of the molecule is CCNC1CCCN(CC2CCC(O)C2)C1=O. The number of carbonyl (C=O) groups is 1. The molecule has 1 aliphatic carbocycles. The highest BCUT2D eigenvalue weighted by atomic mass is 16.3. The number of aliphatic hydroxyl groups is 1. The fourth-order valence-electron chi connectivity index (χ4n) is 3.08. The smallest absolute Gasteiger partial charge is 0.239 e. The lowest BCUT2D eigenvalue weighted by Crippen LogP contribution is -2.51. The summed E-state index contributed by atoms with van der Waals surface area (Å²) in [5.74, 6) is 0.772. The van der Waals surface area contributed by atoms with E-state index < -0.39 is 0 Å². The zero-order valence-electron chi connectivity index (χ0n) is 10.7. The predicted molar refractivity (Wildman–Crippen MR) is 66.6 cm³/mol. The molecule has 0 bridgehead atoms. The van der Waals surface area contributed by atoms with Gasteiger partial charge in [-0.3, -0.25) is 4.79 Å². The Labute approximate surface area is 103 Å². The van der Waals surface area contributed by atoms with Gasteiger partial charge in [-0.25, -0.2) is 0 Å². The number of aliphatic hydroxyl groups excluding tert-OH is 1. The Morgan fingerprint density at radius 1 is 1.41 bits per heavy atom. The van der Waals surface area contributed by atoms with Gasteiger partial charge < -0.3 is 15.3 Å². The molecule has 4 heteroatoms. The van der Waals surface area contributed by atoms with E-state index in [2.05, 4.69) is 5.32 Å². The summed E-state index contributed by atoms with van der Waals surface area (Å²) < 4.78 is 0. The van der Waals surface area contributed by atoms with Crippen molar-refractivity contribution in [2.24, 2.45) is 5.92 Å². The summed E-state index contributed by atoms with van der Waals surface area (Å²) in [6.07, 6.45) is 4.77. The van der Waals surface area contributed by atoms with Crippen LogP contribution in [0, 0.1) is 5.92 Å². The summed E-state index contributed by atoms with van der Waals surface area (Å²) in [6, 6.07) is 0.0278. The fourth-order valence-corrected chi connectivity index (χ4v) is 3.08. The minimum Gasteiger partial charge on any atom is -0.393 e. The summed E-state index contributed by atoms with van der Waals surface area (Å²) >= 11 is 0. The molecule has 3 atom stereocenters. The summed E-state index contributed by atoms with van der Waals surface area (Å²) in [7, 11) is 0. The molecule has 0 aromatic carbocycles. The molecule has 0 aromatic rings. The van der Waals surface area contributed by atoms with Crippen LogP contribution in [0.4, 0.5) is 0 Å². The number of likely N-dealkylation sites (tertiary alicyclic amines) is 1. The lowest BCUT2D eigenvalue weighted by Gasteiger charge is -2.34. The van der Waals surface area contributed by atoms with Crippen LogP contribution in [0.1, 0.15) is 39.0 Å². The van der Waals surface area contributed by atoms with Gasteiger partial charge in [-0.2, -0.15) is 0 Å². The zero-order valence-corrected chi connectivity index (χ0v) is 10.7. The third-order valence-electron chi connectivity index (χ3n) is 3.97. The molecule has 1 saturated carbocycles. The van der Waals surface area contributed by atoms with E-state index in [1.165, 1.54) is 0 Å². The van der Waals surface area contributed by atoms with Crippen LogP contribution in [-0.2, 0) is 4.79 Å². The molecule has 4 nitrogen and oxygen atoms in total. The Bertz CT molecular complexity index is 268. The van der Waals surface area contributed by atoms with Crippen molar-refractivity contribution in [1.29, 1.82) is 0 Å². The van der Waals surface area contributed by atoms with Crippen LogP contribution in [0.2, 0.25) is 0 Å². The molecule has 1 saturated heterocycles. The number of rotatable bonds is 4. The van der Waals surface area contributed by atoms with Crippen molar-refractivity contribution in [3.63, 3.8) is 0 Å². The van der Waals surface area contributed by atoms with Crippen molar-refractivity contribution in [3.8, 4) is 0 Å². The molecular weight excluding hydrogens is 216 g/mol. The third kappa shape index (κ3) is 3.19. The molecule has 3 unspecified atom stereocenters. The number of nitrogens with zero attached hydrogens (tertiary/aromatic N) is 1. The first-order valence-electron chi connectivity index (χ1n) is 6.91. The van der Waals surface area contributed by atoms with Gasteiger partial charge in [0.1, 0.15) is 0 Å². The lowest BCUT2D eigenvalue weighted by molar-refractivity contribution is -0.136. The second kappa shape index (κ2) is 5.83. The van der Waals surface area contributed by atoms with Crippen LogP contribution in [0.5, 0.6) is 0 Å². The Morgan fingerprint density at radius 3 is 2.88 bits per heavy atom. The van der Waals surface area contributed by atoms with E-state index in [4.69, 9.17) is 0 Å². The largest absolute Gasteiger partial charge is 0.393 e. The number of likely N-dealkylation sites (N-methyl/N-ethyl adjacent to an activating group) is 1. The Balaban J connectivity index is 1.85. The average molecular weight is 240 g/mol. The van der Waals surface area contributed by atoms with Gasteiger partial charge in [0.05, 0.1) is 12.1 Å². The molecule has 1 aliphatic heterocycles. The van der Waals surface area contributed by atoms with Gasteiger partial charge in [0.25, 0.3) is 0 Å². The number of nitrogens with one attached hydrogen (secondary N) is 1. The van der Waals surface area contributed by atoms with E-state index in [-0.39, 0.29) is 18.1 Å². The van der Waals surface area contributed by atoms with Gasteiger partial charge in [0, 0.05) is 13.1 Å². The highest BCUT2D eigenvalue weighted by Gasteiger charge is 2.31. The number of carbonyl (C=O) groups excluding carboxylic acids is 1. The summed E-state index contributed by atoms with van der Waals surface area (Å²) in [4.78, 5) is 14.2. The van der Waals surface area contributed by atoms with Gasteiger partial charge >= 0.3 is 0 Å². The normalized spacial score (nSPS) is 34.4. The molecule has 0 radical (unpaired) electrons. The minimum atomic E-state index is -0.135. The van der Waals surface area contributed by atoms with Crippen LogP contribution in [0.3, 0.4) is 0 Å². The number of hydrogen-bond donors (Lipinski definition) is 2. The van der Waals surface area contributed by atoms with Crippen molar-refractivity contribution in [2.45, 2.75) is 51.2 Å². The average Bonchev–Trinajstić information content (AvgIpc) is 2.70. The molecule has 0 spiro atoms. The van der Waals surface area contributed by atoms with Gasteiger partial charge in [-0.15, -0.1) is 0 Å². The highest BCUT2D eigenvalue weighted by molar-refractivity contribution is 5.82. The maximum atomic E-state index is 12.2. The van der Waals surface area contributed by atoms with Gasteiger partial charge in [0.2, 0.25) is 5.91 Å². The summed E-state index contributed by atoms with van der Waals surface area (Å²) in [6.45, 7) is 4.64. The number of amides is 1. The molecule has 17 heavy (non-hydrogen) atoms. The first-order chi connectivity index (χ1) is 8.20. The van der Waals surface area contributed by atoms with Crippen LogP contribution >= 0.6 is 0 Å². The van der Waals surface area contributed by atoms with Gasteiger partial charge in [0.15, 0.2) is 0 Å². The topological polar surface area (TPSA) is 52.6 Å². The fraction of sp³-hybridized carbons (Fsp3) is 0.923. The van der Waals surface area contributed by atoms with Gasteiger partial charge in [-0.1, -0.05) is 6.92 Å². The third-order valence-corrected chi connectivity index (χ3v) is 3.97. The molecule has 1 amide bonds. The van der Waals surface area contributed by atoms with Crippen LogP contribution < -0.4 is 5.32 Å². The maximum absolute atomic E-state index is 12.2. The zero-order chi connectivity index (χ0) is 12.3. The Morgan fingerprint density at radius 2 is 2.24 bits per heavy atom. The number of hydrogen-bond acceptors (Lipinski definition) is 3. The first kappa shape index (κ1) is 12.8. The summed E-state index contributed by atoms with van der Waals surface area (Å²) in [5, 5.41) is 12.8. The molecule has 2 aliphatic rings. The number of piperidine rings is 1. The molecule has 0 aromatic heterocycles. The Kier molecular flexibility index (Phi) is 4.40. The summed E-state index contributed by atoms with van der Waals surface area (Å²) in [5.41, 5.74) is 0. The van der Waals surface area contributed by atoms with Crippen LogP contribution in [0.25, 0.3) is 0 Å². The molecule has 2 fully saturated rings. The Hall–Kier alpha value is -0.610. The van der Waals surface area contributed by atoms with Crippen molar-refractivity contribution in [3.05, 3.63) is 0 Å². The molecular formula is C13H24N2O2. The van der Waals surface area contributed by atoms with Gasteiger partial charge in [-0.05, 0) is 44.6 Å². The molecule has 1 heterocycles. The second-order valence-electron chi connectivity index (χ2n) is 5.37. The minimum absolute atomic E-state index is 0.0278. The van der Waals surface area contributed by atoms with Crippen molar-refractivity contribution >= 4 is 5.91 Å². The van der Waals surface area contributed by atoms with E-state index in [0.717, 1.165) is 51.7 Å². The van der Waals surface area contributed by atoms with Crippen molar-refractivity contribution in [1.82, 2.24) is 10.2 Å². The van der Waals surface area contributed by atoms with E-state index in [9.17, 15) is 9.90 Å².